The van der Waals surface area contributed by atoms with E-state index in [-0.39, 0.29) is 11.7 Å². The van der Waals surface area contributed by atoms with Crippen LogP contribution in [0.4, 0.5) is 0 Å². The molecule has 0 aliphatic rings. The fourth-order valence-electron chi connectivity index (χ4n) is 2.20. The maximum Gasteiger partial charge on any atom is 0.243 e. The first kappa shape index (κ1) is 16.8. The Morgan fingerprint density at radius 2 is 2.14 bits per heavy atom. The largest absolute Gasteiger partial charge is 0.508 e. The van der Waals surface area contributed by atoms with Crippen LogP contribution in [0.5, 0.6) is 5.75 Å². The van der Waals surface area contributed by atoms with E-state index in [4.69, 9.17) is 0 Å². The first-order chi connectivity index (χ1) is 10.0. The Morgan fingerprint density at radius 1 is 1.43 bits per heavy atom. The molecular weight excluding hydrogens is 272 g/mol. The molecule has 0 spiro atoms. The second-order valence-electron chi connectivity index (χ2n) is 4.85. The highest BCUT2D eigenvalue weighted by molar-refractivity contribution is 5.89. The average molecular weight is 292 g/mol. The summed E-state index contributed by atoms with van der Waals surface area (Å²) in [7, 11) is 1.74. The number of imide groups is 1. The number of nitrogens with zero attached hydrogens (tertiary/aromatic N) is 1. The molecule has 0 saturated heterocycles. The van der Waals surface area contributed by atoms with Gasteiger partial charge in [0, 0.05) is 12.1 Å². The van der Waals surface area contributed by atoms with Gasteiger partial charge in [-0.2, -0.15) is 0 Å². The number of likely N-dealkylation sites (N-methyl/N-ethyl adjacent to an activating group) is 1. The van der Waals surface area contributed by atoms with E-state index < -0.39 is 6.04 Å². The van der Waals surface area contributed by atoms with Gasteiger partial charge < -0.3 is 5.11 Å². The van der Waals surface area contributed by atoms with Crippen LogP contribution in [-0.4, -0.2) is 41.7 Å². The maximum atomic E-state index is 11.9. The van der Waals surface area contributed by atoms with Gasteiger partial charge in [-0.1, -0.05) is 13.3 Å². The van der Waals surface area contributed by atoms with E-state index >= 15 is 0 Å². The van der Waals surface area contributed by atoms with E-state index in [2.05, 4.69) is 5.32 Å². The Balaban J connectivity index is 2.92. The van der Waals surface area contributed by atoms with E-state index in [0.717, 1.165) is 6.42 Å². The van der Waals surface area contributed by atoms with Gasteiger partial charge in [-0.05, 0) is 37.2 Å². The lowest BCUT2D eigenvalue weighted by Gasteiger charge is -2.26. The van der Waals surface area contributed by atoms with Crippen molar-refractivity contribution in [1.29, 1.82) is 0 Å². The van der Waals surface area contributed by atoms with Crippen LogP contribution in [0, 0.1) is 0 Å². The maximum absolute atomic E-state index is 11.9. The van der Waals surface area contributed by atoms with Crippen LogP contribution >= 0.6 is 0 Å². The van der Waals surface area contributed by atoms with Gasteiger partial charge in [0.1, 0.15) is 12.0 Å². The number of nitrogens with one attached hydrogen (secondary N) is 1. The van der Waals surface area contributed by atoms with Crippen molar-refractivity contribution >= 4 is 18.6 Å². The van der Waals surface area contributed by atoms with Crippen LogP contribution < -0.4 is 5.32 Å². The van der Waals surface area contributed by atoms with Crippen molar-refractivity contribution < 1.29 is 19.5 Å². The van der Waals surface area contributed by atoms with Gasteiger partial charge >= 0.3 is 0 Å². The molecule has 6 heteroatoms. The van der Waals surface area contributed by atoms with Crippen LogP contribution in [0.3, 0.4) is 0 Å². The van der Waals surface area contributed by atoms with E-state index in [0.29, 0.717) is 36.8 Å². The molecule has 1 unspecified atom stereocenters. The summed E-state index contributed by atoms with van der Waals surface area (Å²) in [5.41, 5.74) is 1.10. The van der Waals surface area contributed by atoms with Gasteiger partial charge in [-0.25, -0.2) is 0 Å². The third kappa shape index (κ3) is 4.68. The summed E-state index contributed by atoms with van der Waals surface area (Å²) < 4.78 is 0. The third-order valence-corrected chi connectivity index (χ3v) is 3.27. The number of phenols is 1. The first-order valence-corrected chi connectivity index (χ1v) is 6.74. The minimum atomic E-state index is -0.470. The smallest absolute Gasteiger partial charge is 0.243 e. The lowest BCUT2D eigenvalue weighted by atomic mass is 10.1. The van der Waals surface area contributed by atoms with Crippen molar-refractivity contribution in [2.45, 2.75) is 32.4 Å². The van der Waals surface area contributed by atoms with Crippen molar-refractivity contribution in [3.05, 3.63) is 29.3 Å². The molecule has 114 valence electrons. The summed E-state index contributed by atoms with van der Waals surface area (Å²) in [6.07, 6.45) is 2.44. The normalized spacial score (nSPS) is 12.0. The lowest BCUT2D eigenvalue weighted by molar-refractivity contribution is -0.129. The summed E-state index contributed by atoms with van der Waals surface area (Å²) >= 11 is 0. The monoisotopic (exact) mass is 292 g/mol. The van der Waals surface area contributed by atoms with Crippen LogP contribution in [-0.2, 0) is 16.1 Å². The van der Waals surface area contributed by atoms with Gasteiger partial charge in [0.15, 0.2) is 0 Å². The van der Waals surface area contributed by atoms with Gasteiger partial charge in [0.2, 0.25) is 12.3 Å². The average Bonchev–Trinajstić information content (AvgIpc) is 2.45. The highest BCUT2D eigenvalue weighted by Gasteiger charge is 2.22. The molecule has 6 nitrogen and oxygen atoms in total. The molecule has 1 aromatic carbocycles. The fraction of sp³-hybridized carbons (Fsp3) is 0.400. The topological polar surface area (TPSA) is 86.7 Å². The van der Waals surface area contributed by atoms with Crippen molar-refractivity contribution in [3.8, 4) is 5.75 Å². The Hall–Kier alpha value is -2.21. The number of carbonyl (C=O) groups is 3. The molecule has 0 bridgehead atoms. The number of aromatic hydroxyl groups is 1. The summed E-state index contributed by atoms with van der Waals surface area (Å²) in [6.45, 7) is 2.26. The molecule has 0 heterocycles. The molecule has 2 amide bonds. The molecule has 0 fully saturated rings. The SMILES string of the molecule is CCCC(C(=O)NC=O)N(C)Cc1cc(O)ccc1C=O. The number of hydrogen-bond acceptors (Lipinski definition) is 5. The number of hydrogen-bond donors (Lipinski definition) is 2. The number of aldehydes is 1. The highest BCUT2D eigenvalue weighted by Crippen LogP contribution is 2.18. The predicted octanol–water partition coefficient (Wildman–Crippen LogP) is 1.08. The van der Waals surface area contributed by atoms with Crippen LogP contribution in [0.1, 0.15) is 35.7 Å². The zero-order valence-electron chi connectivity index (χ0n) is 12.2. The first-order valence-electron chi connectivity index (χ1n) is 6.74. The Labute approximate surface area is 123 Å². The molecule has 1 atom stereocenters. The van der Waals surface area contributed by atoms with Crippen LogP contribution in [0.2, 0.25) is 0 Å². The molecule has 2 N–H and O–H groups in total. The molecular formula is C15H20N2O4. The number of rotatable bonds is 8. The molecule has 0 radical (unpaired) electrons. The molecule has 21 heavy (non-hydrogen) atoms. The molecule has 1 rings (SSSR count). The number of carbonyl (C=O) groups excluding carboxylic acids is 3. The summed E-state index contributed by atoms with van der Waals surface area (Å²) in [5, 5.41) is 11.7. The number of benzene rings is 1. The summed E-state index contributed by atoms with van der Waals surface area (Å²) in [6, 6.07) is 4.00. The lowest BCUT2D eigenvalue weighted by Crippen LogP contribution is -2.44. The van der Waals surface area contributed by atoms with Crippen LogP contribution in [0.15, 0.2) is 18.2 Å². The van der Waals surface area contributed by atoms with Crippen LogP contribution in [0.25, 0.3) is 0 Å². The van der Waals surface area contributed by atoms with E-state index in [1.54, 1.807) is 11.9 Å². The van der Waals surface area contributed by atoms with Crippen molar-refractivity contribution in [2.75, 3.05) is 7.05 Å². The zero-order chi connectivity index (χ0) is 15.8. The third-order valence-electron chi connectivity index (χ3n) is 3.27. The van der Waals surface area contributed by atoms with Crippen molar-refractivity contribution in [2.24, 2.45) is 0 Å². The summed E-state index contributed by atoms with van der Waals surface area (Å²) in [4.78, 5) is 35.1. The highest BCUT2D eigenvalue weighted by atomic mass is 16.3. The fourth-order valence-corrected chi connectivity index (χ4v) is 2.20. The molecule has 0 aliphatic carbocycles. The summed E-state index contributed by atoms with van der Waals surface area (Å²) in [5.74, 6) is -0.310. The Bertz CT molecular complexity index is 516. The number of phenolic OH excluding ortho intramolecular Hbond substituents is 1. The second-order valence-corrected chi connectivity index (χ2v) is 4.85. The van der Waals surface area contributed by atoms with E-state index in [1.165, 1.54) is 18.2 Å². The minimum Gasteiger partial charge on any atom is -0.508 e. The standard InChI is InChI=1S/C15H20N2O4/c1-3-4-14(15(21)16-10-19)17(2)8-12-7-13(20)6-5-11(12)9-18/h5-7,9-10,14,20H,3-4,8H2,1-2H3,(H,16,19,21). The molecule has 0 aromatic heterocycles. The van der Waals surface area contributed by atoms with Crippen molar-refractivity contribution in [1.82, 2.24) is 10.2 Å². The minimum absolute atomic E-state index is 0.0633. The Morgan fingerprint density at radius 3 is 2.71 bits per heavy atom. The quantitative estimate of drug-likeness (QED) is 0.700. The van der Waals surface area contributed by atoms with Gasteiger partial charge in [0.05, 0.1) is 6.04 Å². The second kappa shape index (κ2) is 8.16. The Kier molecular flexibility index (Phi) is 6.55. The van der Waals surface area contributed by atoms with E-state index in [1.807, 2.05) is 6.92 Å². The number of amides is 2. The molecule has 0 saturated carbocycles. The zero-order valence-corrected chi connectivity index (χ0v) is 12.2. The van der Waals surface area contributed by atoms with E-state index in [9.17, 15) is 19.5 Å². The van der Waals surface area contributed by atoms with Gasteiger partial charge in [-0.15, -0.1) is 0 Å². The van der Waals surface area contributed by atoms with Gasteiger partial charge in [0.25, 0.3) is 0 Å². The predicted molar refractivity (Wildman–Crippen MR) is 77.9 cm³/mol. The van der Waals surface area contributed by atoms with Crippen molar-refractivity contribution in [3.63, 3.8) is 0 Å². The molecule has 1 aromatic rings. The van der Waals surface area contributed by atoms with Gasteiger partial charge in [-0.3, -0.25) is 24.6 Å². The molecule has 0 aliphatic heterocycles.